The summed E-state index contributed by atoms with van der Waals surface area (Å²) in [5.74, 6) is 0.900. The number of thiazole rings is 1. The monoisotopic (exact) mass is 372 g/mol. The number of carbonyl (C=O) groups is 1. The van der Waals surface area contributed by atoms with E-state index in [1.807, 2.05) is 19.9 Å². The van der Waals surface area contributed by atoms with Crippen molar-refractivity contribution in [3.8, 4) is 11.5 Å². The van der Waals surface area contributed by atoms with Crippen molar-refractivity contribution >= 4 is 33.1 Å². The number of benzene rings is 2. The van der Waals surface area contributed by atoms with E-state index in [2.05, 4.69) is 5.32 Å². The molecule has 3 aromatic rings. The quantitative estimate of drug-likeness (QED) is 0.717. The van der Waals surface area contributed by atoms with Crippen molar-refractivity contribution in [2.24, 2.45) is 7.05 Å². The molecule has 136 valence electrons. The second kappa shape index (κ2) is 7.61. The zero-order valence-electron chi connectivity index (χ0n) is 14.9. The van der Waals surface area contributed by atoms with Crippen LogP contribution in [0.5, 0.6) is 11.5 Å². The Morgan fingerprint density at radius 2 is 1.81 bits per heavy atom. The molecule has 0 aliphatic rings. The van der Waals surface area contributed by atoms with E-state index in [0.717, 1.165) is 21.6 Å². The van der Waals surface area contributed by atoms with Gasteiger partial charge in [0.25, 0.3) is 5.91 Å². The van der Waals surface area contributed by atoms with Gasteiger partial charge in [0.2, 0.25) is 0 Å². The van der Waals surface area contributed by atoms with Gasteiger partial charge in [0.05, 0.1) is 23.4 Å². The lowest BCUT2D eigenvalue weighted by Gasteiger charge is -2.12. The third-order valence-corrected chi connectivity index (χ3v) is 4.85. The molecule has 0 bridgehead atoms. The number of nitrogens with zero attached hydrogens (tertiary/aromatic N) is 1. The molecule has 0 saturated heterocycles. The normalized spacial score (nSPS) is 10.7. The van der Waals surface area contributed by atoms with Gasteiger partial charge < -0.3 is 19.4 Å². The number of carbonyl (C=O) groups excluding carboxylic acids is 1. The summed E-state index contributed by atoms with van der Waals surface area (Å²) in [5.41, 5.74) is 1.95. The molecular formula is C19H20N2O4S. The van der Waals surface area contributed by atoms with Crippen LogP contribution in [0.2, 0.25) is 0 Å². The summed E-state index contributed by atoms with van der Waals surface area (Å²) in [5, 5.41) is 2.86. The third kappa shape index (κ3) is 3.57. The van der Waals surface area contributed by atoms with Gasteiger partial charge in [0.1, 0.15) is 0 Å². The summed E-state index contributed by atoms with van der Waals surface area (Å²) in [6.45, 7) is 4.77. The third-order valence-electron chi connectivity index (χ3n) is 3.86. The smallest absolute Gasteiger partial charge is 0.307 e. The second-order valence-electron chi connectivity index (χ2n) is 5.59. The Labute approximate surface area is 155 Å². The number of rotatable bonds is 6. The highest BCUT2D eigenvalue weighted by molar-refractivity contribution is 7.16. The number of hydrogen-bond acceptors (Lipinski definition) is 5. The van der Waals surface area contributed by atoms with Crippen molar-refractivity contribution < 1.29 is 14.3 Å². The van der Waals surface area contributed by atoms with Crippen molar-refractivity contribution in [1.82, 2.24) is 4.57 Å². The van der Waals surface area contributed by atoms with Crippen LogP contribution in [0.3, 0.4) is 0 Å². The van der Waals surface area contributed by atoms with E-state index >= 15 is 0 Å². The first-order valence-electron chi connectivity index (χ1n) is 8.34. The van der Waals surface area contributed by atoms with Gasteiger partial charge in [-0.15, -0.1) is 0 Å². The van der Waals surface area contributed by atoms with Crippen molar-refractivity contribution in [1.29, 1.82) is 0 Å². The Kier molecular flexibility index (Phi) is 5.27. The van der Waals surface area contributed by atoms with Gasteiger partial charge in [-0.3, -0.25) is 9.59 Å². The van der Waals surface area contributed by atoms with Crippen LogP contribution in [0, 0.1) is 0 Å². The summed E-state index contributed by atoms with van der Waals surface area (Å²) >= 11 is 1.15. The maximum atomic E-state index is 12.6. The first kappa shape index (κ1) is 18.0. The predicted molar refractivity (Wildman–Crippen MR) is 104 cm³/mol. The maximum absolute atomic E-state index is 12.6. The van der Waals surface area contributed by atoms with Gasteiger partial charge >= 0.3 is 4.87 Å². The van der Waals surface area contributed by atoms with Crippen molar-refractivity contribution in [3.63, 3.8) is 0 Å². The summed E-state index contributed by atoms with van der Waals surface area (Å²) in [4.78, 5) is 24.3. The van der Waals surface area contributed by atoms with E-state index in [4.69, 9.17) is 9.47 Å². The second-order valence-corrected chi connectivity index (χ2v) is 6.58. The first-order valence-corrected chi connectivity index (χ1v) is 9.15. The van der Waals surface area contributed by atoms with Gasteiger partial charge in [-0.25, -0.2) is 0 Å². The van der Waals surface area contributed by atoms with Crippen LogP contribution in [-0.2, 0) is 7.05 Å². The van der Waals surface area contributed by atoms with Crippen LogP contribution in [0.25, 0.3) is 10.2 Å². The lowest BCUT2D eigenvalue weighted by molar-refractivity contribution is 0.102. The number of aryl methyl sites for hydroxylation is 1. The van der Waals surface area contributed by atoms with E-state index in [1.54, 1.807) is 41.9 Å². The van der Waals surface area contributed by atoms with E-state index in [1.165, 1.54) is 0 Å². The standard InChI is InChI=1S/C19H20N2O4S/c1-4-24-15-9-6-12(10-16(15)25-5-2)18(22)20-13-7-8-14-17(11-13)26-19(23)21(14)3/h6-11H,4-5H2,1-3H3,(H,20,22). The molecule has 2 aromatic carbocycles. The number of amides is 1. The van der Waals surface area contributed by atoms with Gasteiger partial charge in [-0.05, 0) is 50.2 Å². The number of aromatic nitrogens is 1. The van der Waals surface area contributed by atoms with Crippen molar-refractivity contribution in [3.05, 3.63) is 51.6 Å². The molecule has 7 heteroatoms. The van der Waals surface area contributed by atoms with Gasteiger partial charge in [0.15, 0.2) is 11.5 Å². The van der Waals surface area contributed by atoms with Crippen molar-refractivity contribution in [2.75, 3.05) is 18.5 Å². The van der Waals surface area contributed by atoms with Gasteiger partial charge in [0, 0.05) is 18.3 Å². The largest absolute Gasteiger partial charge is 0.490 e. The highest BCUT2D eigenvalue weighted by Gasteiger charge is 2.13. The highest BCUT2D eigenvalue weighted by Crippen LogP contribution is 2.29. The van der Waals surface area contributed by atoms with Crippen LogP contribution in [0.4, 0.5) is 5.69 Å². The number of anilines is 1. The van der Waals surface area contributed by atoms with Crippen LogP contribution in [0.1, 0.15) is 24.2 Å². The Balaban J connectivity index is 1.85. The number of ether oxygens (including phenoxy) is 2. The fourth-order valence-corrected chi connectivity index (χ4v) is 3.53. The van der Waals surface area contributed by atoms with Crippen LogP contribution < -0.4 is 19.7 Å². The molecule has 0 unspecified atom stereocenters. The highest BCUT2D eigenvalue weighted by atomic mass is 32.1. The van der Waals surface area contributed by atoms with Crippen LogP contribution in [0.15, 0.2) is 41.2 Å². The molecule has 1 heterocycles. The average Bonchev–Trinajstić information content (AvgIpc) is 2.90. The fourth-order valence-electron chi connectivity index (χ4n) is 2.61. The summed E-state index contributed by atoms with van der Waals surface area (Å²) in [6.07, 6.45) is 0. The van der Waals surface area contributed by atoms with Gasteiger partial charge in [-0.1, -0.05) is 11.3 Å². The van der Waals surface area contributed by atoms with Crippen LogP contribution in [-0.4, -0.2) is 23.7 Å². The molecule has 0 fully saturated rings. The molecule has 0 spiro atoms. The minimum Gasteiger partial charge on any atom is -0.490 e. The number of fused-ring (bicyclic) bond motifs is 1. The minimum absolute atomic E-state index is 0.0312. The van der Waals surface area contributed by atoms with E-state index in [0.29, 0.717) is 36.0 Å². The van der Waals surface area contributed by atoms with Crippen molar-refractivity contribution in [2.45, 2.75) is 13.8 Å². The molecule has 6 nitrogen and oxygen atoms in total. The summed E-state index contributed by atoms with van der Waals surface area (Å²) in [6, 6.07) is 10.5. The lowest BCUT2D eigenvalue weighted by atomic mass is 10.1. The molecule has 0 aliphatic heterocycles. The Hall–Kier alpha value is -2.80. The molecule has 0 aliphatic carbocycles. The molecular weight excluding hydrogens is 352 g/mol. The molecule has 1 amide bonds. The molecule has 26 heavy (non-hydrogen) atoms. The Morgan fingerprint density at radius 1 is 1.08 bits per heavy atom. The summed E-state index contributed by atoms with van der Waals surface area (Å²) in [7, 11) is 1.73. The molecule has 1 N–H and O–H groups in total. The number of nitrogens with one attached hydrogen (secondary N) is 1. The Morgan fingerprint density at radius 3 is 2.54 bits per heavy atom. The summed E-state index contributed by atoms with van der Waals surface area (Å²) < 4.78 is 13.5. The maximum Gasteiger partial charge on any atom is 0.307 e. The zero-order valence-corrected chi connectivity index (χ0v) is 15.7. The van der Waals surface area contributed by atoms with E-state index in [9.17, 15) is 9.59 Å². The van der Waals surface area contributed by atoms with Crippen LogP contribution >= 0.6 is 11.3 Å². The molecule has 0 saturated carbocycles. The zero-order chi connectivity index (χ0) is 18.7. The minimum atomic E-state index is -0.253. The molecule has 3 rings (SSSR count). The Bertz CT molecular complexity index is 1010. The lowest BCUT2D eigenvalue weighted by Crippen LogP contribution is -2.12. The average molecular weight is 372 g/mol. The molecule has 0 radical (unpaired) electrons. The fraction of sp³-hybridized carbons (Fsp3) is 0.263. The topological polar surface area (TPSA) is 69.6 Å². The molecule has 1 aromatic heterocycles. The SMILES string of the molecule is CCOc1ccc(C(=O)Nc2ccc3c(c2)sc(=O)n3C)cc1OCC. The predicted octanol–water partition coefficient (Wildman–Crippen LogP) is 3.65. The van der Waals surface area contributed by atoms with E-state index < -0.39 is 0 Å². The first-order chi connectivity index (χ1) is 12.5. The molecule has 0 atom stereocenters. The van der Waals surface area contributed by atoms with E-state index in [-0.39, 0.29) is 10.8 Å². The van der Waals surface area contributed by atoms with Gasteiger partial charge in [-0.2, -0.15) is 0 Å². The number of hydrogen-bond donors (Lipinski definition) is 1.